The van der Waals surface area contributed by atoms with E-state index in [1.165, 1.54) is 0 Å². The average molecular weight is 384 g/mol. The van der Waals surface area contributed by atoms with E-state index in [0.29, 0.717) is 18.0 Å². The van der Waals surface area contributed by atoms with Gasteiger partial charge >= 0.3 is 0 Å². The van der Waals surface area contributed by atoms with E-state index in [1.54, 1.807) is 6.26 Å². The van der Waals surface area contributed by atoms with Crippen molar-refractivity contribution >= 4 is 40.9 Å². The summed E-state index contributed by atoms with van der Waals surface area (Å²) >= 11 is 6.04. The molecule has 3 aromatic rings. The van der Waals surface area contributed by atoms with E-state index in [1.807, 2.05) is 18.2 Å². The van der Waals surface area contributed by atoms with Crippen LogP contribution in [0.4, 0.5) is 5.82 Å². The molecule has 0 aromatic carbocycles. The van der Waals surface area contributed by atoms with Gasteiger partial charge in [-0.3, -0.25) is 0 Å². The smallest absolute Gasteiger partial charge is 0.226 e. The number of aromatic amines is 1. The number of hydrogen-bond donors (Lipinski definition) is 3. The number of aromatic nitrogens is 3. The van der Waals surface area contributed by atoms with Gasteiger partial charge in [-0.05, 0) is 35.2 Å². The summed E-state index contributed by atoms with van der Waals surface area (Å²) in [6, 6.07) is 5.81. The molecule has 136 valence electrons. The zero-order valence-corrected chi connectivity index (χ0v) is 16.0. The van der Waals surface area contributed by atoms with E-state index in [0.717, 1.165) is 23.3 Å². The summed E-state index contributed by atoms with van der Waals surface area (Å²) in [6.07, 6.45) is 2.37. The van der Waals surface area contributed by atoms with Gasteiger partial charge in [-0.2, -0.15) is 4.98 Å². The van der Waals surface area contributed by atoms with E-state index in [2.05, 4.69) is 41.0 Å². The van der Waals surface area contributed by atoms with Crippen LogP contribution in [0.25, 0.3) is 11.0 Å². The van der Waals surface area contributed by atoms with Crippen molar-refractivity contribution in [3.8, 4) is 0 Å². The van der Waals surface area contributed by atoms with Gasteiger partial charge in [0, 0.05) is 18.2 Å². The molecule has 0 saturated carbocycles. The fraction of sp³-hybridized carbons (Fsp3) is 0.412. The van der Waals surface area contributed by atoms with Gasteiger partial charge in [0.2, 0.25) is 5.28 Å². The molecular formula is C17H23Cl2N5O. The van der Waals surface area contributed by atoms with Crippen LogP contribution in [0.1, 0.15) is 32.2 Å². The second-order valence-electron chi connectivity index (χ2n) is 7.01. The monoisotopic (exact) mass is 383 g/mol. The Morgan fingerprint density at radius 3 is 2.76 bits per heavy atom. The summed E-state index contributed by atoms with van der Waals surface area (Å²) in [7, 11) is 0. The van der Waals surface area contributed by atoms with Gasteiger partial charge < -0.3 is 20.5 Å². The van der Waals surface area contributed by atoms with E-state index >= 15 is 0 Å². The Morgan fingerprint density at radius 2 is 2.12 bits per heavy atom. The van der Waals surface area contributed by atoms with Gasteiger partial charge in [0.15, 0.2) is 0 Å². The van der Waals surface area contributed by atoms with Crippen LogP contribution in [0.2, 0.25) is 5.28 Å². The molecule has 0 bridgehead atoms. The lowest BCUT2D eigenvalue weighted by molar-refractivity contribution is 0.317. The Balaban J connectivity index is 0.00000225. The highest BCUT2D eigenvalue weighted by Gasteiger charge is 2.22. The van der Waals surface area contributed by atoms with E-state index in [9.17, 15) is 0 Å². The lowest BCUT2D eigenvalue weighted by atomic mass is 9.85. The molecule has 0 saturated heterocycles. The van der Waals surface area contributed by atoms with Crippen LogP contribution >= 0.6 is 24.0 Å². The molecule has 0 aliphatic heterocycles. The lowest BCUT2D eigenvalue weighted by Gasteiger charge is -2.26. The van der Waals surface area contributed by atoms with Crippen molar-refractivity contribution in [3.05, 3.63) is 41.2 Å². The quantitative estimate of drug-likeness (QED) is 0.575. The molecule has 3 rings (SSSR count). The SMILES string of the molecule is CC(C)(C)C(N)Cc1cc2c(NCc3ccco3)nc(Cl)nc2[nH]1.Cl. The molecule has 0 amide bonds. The third kappa shape index (κ3) is 4.66. The van der Waals surface area contributed by atoms with Crippen molar-refractivity contribution in [3.63, 3.8) is 0 Å². The van der Waals surface area contributed by atoms with Gasteiger partial charge in [-0.25, -0.2) is 4.98 Å². The number of nitrogens with one attached hydrogen (secondary N) is 2. The number of nitrogens with two attached hydrogens (primary N) is 1. The zero-order chi connectivity index (χ0) is 17.3. The molecule has 3 heterocycles. The number of rotatable bonds is 5. The predicted octanol–water partition coefficient (Wildman–Crippen LogP) is 4.15. The number of fused-ring (bicyclic) bond motifs is 1. The zero-order valence-electron chi connectivity index (χ0n) is 14.5. The molecule has 25 heavy (non-hydrogen) atoms. The van der Waals surface area contributed by atoms with Crippen molar-refractivity contribution < 1.29 is 4.42 Å². The minimum absolute atomic E-state index is 0. The maximum absolute atomic E-state index is 6.29. The Labute approximate surface area is 158 Å². The molecule has 8 heteroatoms. The summed E-state index contributed by atoms with van der Waals surface area (Å²) in [6.45, 7) is 6.92. The van der Waals surface area contributed by atoms with Gasteiger partial charge in [0.05, 0.1) is 18.2 Å². The van der Waals surface area contributed by atoms with Gasteiger partial charge in [-0.15, -0.1) is 12.4 Å². The number of H-pyrrole nitrogens is 1. The van der Waals surface area contributed by atoms with E-state index in [-0.39, 0.29) is 29.1 Å². The second kappa shape index (κ2) is 7.64. The number of nitrogens with zero attached hydrogens (tertiary/aromatic N) is 2. The fourth-order valence-electron chi connectivity index (χ4n) is 2.41. The first kappa shape index (κ1) is 19.6. The van der Waals surface area contributed by atoms with Crippen molar-refractivity contribution in [1.29, 1.82) is 0 Å². The molecule has 4 N–H and O–H groups in total. The molecule has 3 aromatic heterocycles. The second-order valence-corrected chi connectivity index (χ2v) is 7.35. The highest BCUT2D eigenvalue weighted by Crippen LogP contribution is 2.26. The molecule has 0 fully saturated rings. The maximum atomic E-state index is 6.29. The van der Waals surface area contributed by atoms with Crippen molar-refractivity contribution in [1.82, 2.24) is 15.0 Å². The summed E-state index contributed by atoms with van der Waals surface area (Å²) in [5, 5.41) is 4.33. The minimum atomic E-state index is 0. The van der Waals surface area contributed by atoms with Crippen molar-refractivity contribution in [2.24, 2.45) is 11.1 Å². The summed E-state index contributed by atoms with van der Waals surface area (Å²) in [4.78, 5) is 11.9. The highest BCUT2D eigenvalue weighted by atomic mass is 35.5. The van der Waals surface area contributed by atoms with Crippen LogP contribution in [0.15, 0.2) is 28.9 Å². The Bertz CT molecular complexity index is 824. The largest absolute Gasteiger partial charge is 0.467 e. The maximum Gasteiger partial charge on any atom is 0.226 e. The Hall–Kier alpha value is -1.76. The third-order valence-corrected chi connectivity index (χ3v) is 4.25. The molecular weight excluding hydrogens is 361 g/mol. The number of halogens is 2. The Morgan fingerprint density at radius 1 is 1.36 bits per heavy atom. The van der Waals surface area contributed by atoms with Crippen LogP contribution < -0.4 is 11.1 Å². The molecule has 0 aliphatic rings. The fourth-order valence-corrected chi connectivity index (χ4v) is 2.58. The van der Waals surface area contributed by atoms with E-state index < -0.39 is 0 Å². The highest BCUT2D eigenvalue weighted by molar-refractivity contribution is 6.28. The van der Waals surface area contributed by atoms with Crippen LogP contribution in [0, 0.1) is 5.41 Å². The summed E-state index contributed by atoms with van der Waals surface area (Å²) < 4.78 is 5.33. The van der Waals surface area contributed by atoms with Gasteiger partial charge in [-0.1, -0.05) is 20.8 Å². The third-order valence-electron chi connectivity index (χ3n) is 4.08. The van der Waals surface area contributed by atoms with Crippen LogP contribution in [-0.2, 0) is 13.0 Å². The Kier molecular flexibility index (Phi) is 5.98. The number of hydrogen-bond acceptors (Lipinski definition) is 5. The van der Waals surface area contributed by atoms with Crippen LogP contribution in [0.5, 0.6) is 0 Å². The summed E-state index contributed by atoms with van der Waals surface area (Å²) in [5.41, 5.74) is 8.03. The first-order chi connectivity index (χ1) is 11.3. The molecule has 1 unspecified atom stereocenters. The first-order valence-electron chi connectivity index (χ1n) is 7.90. The standard InChI is InChI=1S/C17H22ClN5O.ClH/c1-17(2,3)13(19)8-10-7-12-14(20-9-11-5-4-6-24-11)22-16(18)23-15(12)21-10;/h4-7,13H,8-9,19H2,1-3H3,(H2,20,21,22,23);1H. The molecule has 0 spiro atoms. The first-order valence-corrected chi connectivity index (χ1v) is 8.27. The minimum Gasteiger partial charge on any atom is -0.467 e. The van der Waals surface area contributed by atoms with Crippen molar-refractivity contribution in [2.45, 2.75) is 39.8 Å². The summed E-state index contributed by atoms with van der Waals surface area (Å²) in [5.74, 6) is 1.50. The topological polar surface area (TPSA) is 92.8 Å². The predicted molar refractivity (Wildman–Crippen MR) is 103 cm³/mol. The number of furan rings is 1. The molecule has 0 aliphatic carbocycles. The number of anilines is 1. The van der Waals surface area contributed by atoms with Crippen LogP contribution in [0.3, 0.4) is 0 Å². The van der Waals surface area contributed by atoms with Gasteiger partial charge in [0.25, 0.3) is 0 Å². The normalized spacial score (nSPS) is 12.8. The van der Waals surface area contributed by atoms with E-state index in [4.69, 9.17) is 21.8 Å². The molecule has 0 radical (unpaired) electrons. The average Bonchev–Trinajstić information content (AvgIpc) is 3.12. The van der Waals surface area contributed by atoms with Gasteiger partial charge in [0.1, 0.15) is 17.2 Å². The molecule has 1 atom stereocenters. The lowest BCUT2D eigenvalue weighted by Crippen LogP contribution is -2.36. The van der Waals surface area contributed by atoms with Crippen molar-refractivity contribution in [2.75, 3.05) is 5.32 Å². The van der Waals surface area contributed by atoms with Crippen LogP contribution in [-0.4, -0.2) is 21.0 Å². The molecule has 6 nitrogen and oxygen atoms in total.